The molecule has 1 aliphatic rings. The Bertz CT molecular complexity index is 810. The molecule has 2 aromatic rings. The van der Waals surface area contributed by atoms with Crippen molar-refractivity contribution in [2.24, 2.45) is 5.92 Å². The Kier molecular flexibility index (Phi) is 5.30. The Hall–Kier alpha value is -2.76. The van der Waals surface area contributed by atoms with Gasteiger partial charge in [0.2, 0.25) is 0 Å². The number of esters is 1. The van der Waals surface area contributed by atoms with E-state index in [9.17, 15) is 9.59 Å². The van der Waals surface area contributed by atoms with Crippen LogP contribution in [-0.4, -0.2) is 44.1 Å². The van der Waals surface area contributed by atoms with E-state index in [0.29, 0.717) is 30.3 Å². The number of amides is 1. The summed E-state index contributed by atoms with van der Waals surface area (Å²) < 4.78 is 15.5. The van der Waals surface area contributed by atoms with Gasteiger partial charge < -0.3 is 18.8 Å². The molecule has 0 saturated carbocycles. The highest BCUT2D eigenvalue weighted by Crippen LogP contribution is 2.28. The smallest absolute Gasteiger partial charge is 0.337 e. The van der Waals surface area contributed by atoms with Crippen molar-refractivity contribution < 1.29 is 23.5 Å². The minimum Gasteiger partial charge on any atom is -0.496 e. The van der Waals surface area contributed by atoms with Gasteiger partial charge in [-0.15, -0.1) is 0 Å². The van der Waals surface area contributed by atoms with Crippen LogP contribution in [0, 0.1) is 12.8 Å². The number of benzene rings is 1. The van der Waals surface area contributed by atoms with Crippen LogP contribution in [0.25, 0.3) is 0 Å². The summed E-state index contributed by atoms with van der Waals surface area (Å²) in [5, 5.41) is 0. The van der Waals surface area contributed by atoms with E-state index < -0.39 is 0 Å². The summed E-state index contributed by atoms with van der Waals surface area (Å²) in [4.78, 5) is 26.2. The van der Waals surface area contributed by atoms with Crippen molar-refractivity contribution in [2.75, 3.05) is 27.3 Å². The molecule has 0 bridgehead atoms. The summed E-state index contributed by atoms with van der Waals surface area (Å²) in [6.07, 6.45) is 3.17. The van der Waals surface area contributed by atoms with Crippen molar-refractivity contribution >= 4 is 11.9 Å². The number of rotatable bonds is 5. The lowest BCUT2D eigenvalue weighted by atomic mass is 9.96. The van der Waals surface area contributed by atoms with Crippen LogP contribution in [0.4, 0.5) is 0 Å². The molecule has 1 saturated heterocycles. The second-order valence-corrected chi connectivity index (χ2v) is 6.56. The zero-order valence-corrected chi connectivity index (χ0v) is 15.3. The quantitative estimate of drug-likeness (QED) is 0.769. The Morgan fingerprint density at radius 2 is 2.08 bits per heavy atom. The van der Waals surface area contributed by atoms with Crippen molar-refractivity contribution in [1.29, 1.82) is 0 Å². The lowest BCUT2D eigenvalue weighted by Crippen LogP contribution is -2.29. The van der Waals surface area contributed by atoms with Gasteiger partial charge in [0, 0.05) is 18.7 Å². The van der Waals surface area contributed by atoms with Crippen LogP contribution in [0.15, 0.2) is 34.9 Å². The Morgan fingerprint density at radius 3 is 2.73 bits per heavy atom. The van der Waals surface area contributed by atoms with E-state index >= 15 is 0 Å². The maximum absolute atomic E-state index is 12.6. The molecule has 6 heteroatoms. The van der Waals surface area contributed by atoms with Crippen LogP contribution in [0.2, 0.25) is 0 Å². The fourth-order valence-electron chi connectivity index (χ4n) is 3.41. The van der Waals surface area contributed by atoms with E-state index in [4.69, 9.17) is 13.9 Å². The number of furan rings is 1. The molecule has 0 radical (unpaired) electrons. The third-order valence-electron chi connectivity index (χ3n) is 4.84. The number of carbonyl (C=O) groups excluding carboxylic acids is 2. The fraction of sp³-hybridized carbons (Fsp3) is 0.400. The van der Waals surface area contributed by atoms with E-state index in [1.807, 2.05) is 17.9 Å². The highest BCUT2D eigenvalue weighted by Gasteiger charge is 2.30. The lowest BCUT2D eigenvalue weighted by Gasteiger charge is -2.17. The summed E-state index contributed by atoms with van der Waals surface area (Å²) in [6.45, 7) is 3.22. The second-order valence-electron chi connectivity index (χ2n) is 6.56. The molecule has 1 aliphatic heterocycles. The summed E-state index contributed by atoms with van der Waals surface area (Å²) in [6, 6.07) is 7.08. The Morgan fingerprint density at radius 1 is 1.27 bits per heavy atom. The molecule has 6 nitrogen and oxygen atoms in total. The van der Waals surface area contributed by atoms with Gasteiger partial charge >= 0.3 is 5.97 Å². The van der Waals surface area contributed by atoms with Crippen LogP contribution in [-0.2, 0) is 11.2 Å². The molecule has 0 aliphatic carbocycles. The number of carbonyl (C=O) groups is 2. The van der Waals surface area contributed by atoms with Gasteiger partial charge in [-0.1, -0.05) is 0 Å². The molecule has 1 fully saturated rings. The molecule has 1 unspecified atom stereocenters. The number of aryl methyl sites for hydroxylation is 1. The minimum atomic E-state index is -0.370. The number of hydrogen-bond acceptors (Lipinski definition) is 5. The predicted octanol–water partition coefficient (Wildman–Crippen LogP) is 3.09. The van der Waals surface area contributed by atoms with Gasteiger partial charge in [0.15, 0.2) is 5.76 Å². The summed E-state index contributed by atoms with van der Waals surface area (Å²) in [5.41, 5.74) is 2.30. The molecule has 1 aromatic carbocycles. The summed E-state index contributed by atoms with van der Waals surface area (Å²) in [7, 11) is 2.98. The number of likely N-dealkylation sites (tertiary alicyclic amines) is 1. The van der Waals surface area contributed by atoms with Crippen molar-refractivity contribution in [2.45, 2.75) is 19.8 Å². The summed E-state index contributed by atoms with van der Waals surface area (Å²) in [5.74, 6) is 1.02. The topological polar surface area (TPSA) is 69.0 Å². The van der Waals surface area contributed by atoms with Gasteiger partial charge in [0.1, 0.15) is 5.75 Å². The maximum atomic E-state index is 12.6. The van der Waals surface area contributed by atoms with Gasteiger partial charge in [-0.25, -0.2) is 4.79 Å². The molecule has 1 atom stereocenters. The lowest BCUT2D eigenvalue weighted by molar-refractivity contribution is 0.0600. The number of nitrogens with zero attached hydrogens (tertiary/aromatic N) is 1. The monoisotopic (exact) mass is 357 g/mol. The van der Waals surface area contributed by atoms with Gasteiger partial charge in [-0.3, -0.25) is 4.79 Å². The first-order chi connectivity index (χ1) is 12.5. The van der Waals surface area contributed by atoms with Gasteiger partial charge in [-0.05, 0) is 55.5 Å². The molecular formula is C20H23NO5. The van der Waals surface area contributed by atoms with Crippen LogP contribution >= 0.6 is 0 Å². The molecular weight excluding hydrogens is 334 g/mol. The zero-order valence-electron chi connectivity index (χ0n) is 15.3. The average molecular weight is 357 g/mol. The standard InChI is InChI=1S/C20H23NO5/c1-13-7-9-26-18(13)19(22)21-8-6-14(12-21)10-16-11-15(20(23)25-3)4-5-17(16)24-2/h4-5,7,9,11,14H,6,8,10,12H2,1-3H3. The van der Waals surface area contributed by atoms with E-state index in [-0.39, 0.29) is 11.9 Å². The third-order valence-corrected chi connectivity index (χ3v) is 4.84. The Labute approximate surface area is 152 Å². The van der Waals surface area contributed by atoms with Crippen LogP contribution in [0.5, 0.6) is 5.75 Å². The van der Waals surface area contributed by atoms with Gasteiger partial charge in [0.25, 0.3) is 5.91 Å². The first kappa shape index (κ1) is 18.0. The number of ether oxygens (including phenoxy) is 2. The number of hydrogen-bond donors (Lipinski definition) is 0. The van der Waals surface area contributed by atoms with Crippen molar-refractivity contribution in [3.63, 3.8) is 0 Å². The second kappa shape index (κ2) is 7.64. The van der Waals surface area contributed by atoms with Crippen LogP contribution in [0.1, 0.15) is 38.5 Å². The maximum Gasteiger partial charge on any atom is 0.337 e. The normalized spacial score (nSPS) is 16.6. The highest BCUT2D eigenvalue weighted by atomic mass is 16.5. The molecule has 0 spiro atoms. The van der Waals surface area contributed by atoms with Gasteiger partial charge in [0.05, 0.1) is 26.0 Å². The molecule has 1 aromatic heterocycles. The number of methoxy groups -OCH3 is 2. The minimum absolute atomic E-state index is 0.0646. The van der Waals surface area contributed by atoms with Crippen LogP contribution in [0.3, 0.4) is 0 Å². The van der Waals surface area contributed by atoms with Gasteiger partial charge in [-0.2, -0.15) is 0 Å². The molecule has 138 valence electrons. The first-order valence-electron chi connectivity index (χ1n) is 8.62. The SMILES string of the molecule is COC(=O)c1ccc(OC)c(CC2CCN(C(=O)c3occc3C)C2)c1. The van der Waals surface area contributed by atoms with E-state index in [1.165, 1.54) is 7.11 Å². The highest BCUT2D eigenvalue weighted by molar-refractivity contribution is 5.93. The Balaban J connectivity index is 1.71. The van der Waals surface area contributed by atoms with Crippen molar-refractivity contribution in [3.05, 3.63) is 53.0 Å². The molecule has 2 heterocycles. The summed E-state index contributed by atoms with van der Waals surface area (Å²) >= 11 is 0. The third kappa shape index (κ3) is 3.59. The van der Waals surface area contributed by atoms with E-state index in [2.05, 4.69) is 0 Å². The average Bonchev–Trinajstić information content (AvgIpc) is 3.29. The molecule has 3 rings (SSSR count). The fourth-order valence-corrected chi connectivity index (χ4v) is 3.41. The largest absolute Gasteiger partial charge is 0.496 e. The first-order valence-corrected chi connectivity index (χ1v) is 8.62. The van der Waals surface area contributed by atoms with Crippen molar-refractivity contribution in [1.82, 2.24) is 4.90 Å². The van der Waals surface area contributed by atoms with Crippen molar-refractivity contribution in [3.8, 4) is 5.75 Å². The molecule has 0 N–H and O–H groups in total. The predicted molar refractivity (Wildman–Crippen MR) is 95.5 cm³/mol. The van der Waals surface area contributed by atoms with E-state index in [0.717, 1.165) is 29.7 Å². The molecule has 26 heavy (non-hydrogen) atoms. The molecule has 1 amide bonds. The van der Waals surface area contributed by atoms with Crippen LogP contribution < -0.4 is 4.74 Å². The zero-order chi connectivity index (χ0) is 18.7. The van der Waals surface area contributed by atoms with E-state index in [1.54, 1.807) is 31.6 Å².